The maximum Gasteiger partial charge on any atom is 0.163 e. The van der Waals surface area contributed by atoms with E-state index in [9.17, 15) is 4.79 Å². The zero-order valence-electron chi connectivity index (χ0n) is 20.6. The minimum absolute atomic E-state index is 0.120. The fourth-order valence-electron chi connectivity index (χ4n) is 5.18. The quantitative estimate of drug-likeness (QED) is 0.433. The summed E-state index contributed by atoms with van der Waals surface area (Å²) in [6, 6.07) is 25.6. The van der Waals surface area contributed by atoms with Gasteiger partial charge in [-0.3, -0.25) is 4.79 Å². The van der Waals surface area contributed by atoms with Crippen LogP contribution in [-0.4, -0.2) is 5.78 Å². The number of fused-ring (bicyclic) bond motifs is 1. The van der Waals surface area contributed by atoms with Gasteiger partial charge < -0.3 is 10.6 Å². The van der Waals surface area contributed by atoms with Gasteiger partial charge in [-0.05, 0) is 58.6 Å². The molecule has 0 saturated carbocycles. The van der Waals surface area contributed by atoms with Gasteiger partial charge in [0.1, 0.15) is 0 Å². The van der Waals surface area contributed by atoms with Crippen molar-refractivity contribution in [2.75, 3.05) is 10.6 Å². The first-order valence-electron chi connectivity index (χ1n) is 12.4. The molecule has 2 N–H and O–H groups in total. The number of hydrogen-bond donors (Lipinski definition) is 2. The molecular weight excluding hydrogens is 416 g/mol. The summed E-state index contributed by atoms with van der Waals surface area (Å²) in [6.07, 6.45) is 2.37. The van der Waals surface area contributed by atoms with Crippen LogP contribution in [0, 0.1) is 0 Å². The second kappa shape index (κ2) is 8.79. The van der Waals surface area contributed by atoms with E-state index in [1.54, 1.807) is 0 Å². The predicted octanol–water partition coefficient (Wildman–Crippen LogP) is 7.53. The Morgan fingerprint density at radius 2 is 1.47 bits per heavy atom. The lowest BCUT2D eigenvalue weighted by atomic mass is 9.77. The summed E-state index contributed by atoms with van der Waals surface area (Å²) in [7, 11) is 0. The van der Waals surface area contributed by atoms with Crippen LogP contribution in [0.5, 0.6) is 0 Å². The number of rotatable bonds is 3. The van der Waals surface area contributed by atoms with E-state index >= 15 is 0 Å². The van der Waals surface area contributed by atoms with Crippen LogP contribution in [0.1, 0.15) is 74.8 Å². The first-order valence-corrected chi connectivity index (χ1v) is 12.4. The molecule has 3 aromatic rings. The Bertz CT molecular complexity index is 1230. The number of para-hydroxylation sites is 2. The first-order chi connectivity index (χ1) is 16.3. The SMILES string of the molecule is CCc1ccc(C2Nc3ccccc3NC3=C2C(=O)CC(c2ccc(C(C)(C)C)cc2)C3)cc1. The molecule has 3 nitrogen and oxygen atoms in total. The zero-order valence-corrected chi connectivity index (χ0v) is 20.6. The molecule has 0 spiro atoms. The standard InChI is InChI=1S/C31H34N2O/c1-5-20-10-12-22(13-11-20)30-29-27(32-25-8-6-7-9-26(25)33-30)18-23(19-28(29)34)21-14-16-24(17-15-21)31(2,3)4/h6-17,23,30,32-33H,5,18-19H2,1-4H3. The molecule has 174 valence electrons. The van der Waals surface area contributed by atoms with E-state index in [2.05, 4.69) is 99.0 Å². The number of Topliss-reactive ketones (excluding diaryl/α,β-unsaturated/α-hetero) is 1. The summed E-state index contributed by atoms with van der Waals surface area (Å²) < 4.78 is 0. The number of benzene rings is 3. The maximum atomic E-state index is 13.7. The highest BCUT2D eigenvalue weighted by molar-refractivity contribution is 6.01. The smallest absolute Gasteiger partial charge is 0.163 e. The van der Waals surface area contributed by atoms with Crippen molar-refractivity contribution in [2.24, 2.45) is 0 Å². The zero-order chi connectivity index (χ0) is 23.9. The van der Waals surface area contributed by atoms with Crippen LogP contribution in [0.2, 0.25) is 0 Å². The molecule has 34 heavy (non-hydrogen) atoms. The van der Waals surface area contributed by atoms with Crippen molar-refractivity contribution < 1.29 is 4.79 Å². The van der Waals surface area contributed by atoms with Gasteiger partial charge in [0.05, 0.1) is 17.4 Å². The Labute approximate surface area is 203 Å². The summed E-state index contributed by atoms with van der Waals surface area (Å²) in [5.41, 5.74) is 9.09. The van der Waals surface area contributed by atoms with E-state index in [1.807, 2.05) is 12.1 Å². The van der Waals surface area contributed by atoms with Gasteiger partial charge in [-0.15, -0.1) is 0 Å². The minimum Gasteiger partial charge on any atom is -0.372 e. The van der Waals surface area contributed by atoms with E-state index in [0.717, 1.165) is 41.1 Å². The molecule has 0 amide bonds. The lowest BCUT2D eigenvalue weighted by Gasteiger charge is -2.30. The van der Waals surface area contributed by atoms with Crippen LogP contribution in [0.4, 0.5) is 11.4 Å². The van der Waals surface area contributed by atoms with Crippen LogP contribution in [0.25, 0.3) is 0 Å². The molecule has 0 aromatic heterocycles. The molecule has 3 heteroatoms. The summed E-state index contributed by atoms with van der Waals surface area (Å²) in [4.78, 5) is 13.7. The predicted molar refractivity (Wildman–Crippen MR) is 141 cm³/mol. The largest absolute Gasteiger partial charge is 0.372 e. The summed E-state index contributed by atoms with van der Waals surface area (Å²) >= 11 is 0. The monoisotopic (exact) mass is 450 g/mol. The van der Waals surface area contributed by atoms with Gasteiger partial charge in [0, 0.05) is 17.7 Å². The van der Waals surface area contributed by atoms with Crippen molar-refractivity contribution in [3.63, 3.8) is 0 Å². The molecular formula is C31H34N2O. The van der Waals surface area contributed by atoms with Crippen molar-refractivity contribution >= 4 is 17.2 Å². The Morgan fingerprint density at radius 3 is 2.12 bits per heavy atom. The highest BCUT2D eigenvalue weighted by Crippen LogP contribution is 2.44. The third-order valence-electron chi connectivity index (χ3n) is 7.28. The number of aryl methyl sites for hydroxylation is 1. The fourth-order valence-corrected chi connectivity index (χ4v) is 5.18. The highest BCUT2D eigenvalue weighted by atomic mass is 16.1. The lowest BCUT2D eigenvalue weighted by molar-refractivity contribution is -0.116. The van der Waals surface area contributed by atoms with Gasteiger partial charge in [-0.1, -0.05) is 88.4 Å². The van der Waals surface area contributed by atoms with Gasteiger partial charge in [0.15, 0.2) is 5.78 Å². The van der Waals surface area contributed by atoms with Gasteiger partial charge in [0.2, 0.25) is 0 Å². The topological polar surface area (TPSA) is 41.1 Å². The molecule has 0 bridgehead atoms. The summed E-state index contributed by atoms with van der Waals surface area (Å²) in [5.74, 6) is 0.407. The number of carbonyl (C=O) groups excluding carboxylic acids is 1. The number of ketones is 1. The lowest BCUT2D eigenvalue weighted by Crippen LogP contribution is -2.27. The van der Waals surface area contributed by atoms with Gasteiger partial charge in [-0.25, -0.2) is 0 Å². The van der Waals surface area contributed by atoms with Gasteiger partial charge >= 0.3 is 0 Å². The molecule has 0 saturated heterocycles. The third kappa shape index (κ3) is 4.27. The Kier molecular flexibility index (Phi) is 5.81. The van der Waals surface area contributed by atoms with Crippen molar-refractivity contribution in [1.82, 2.24) is 0 Å². The Hall–Kier alpha value is -3.33. The second-order valence-corrected chi connectivity index (χ2v) is 10.6. The van der Waals surface area contributed by atoms with E-state index in [-0.39, 0.29) is 23.2 Å². The normalized spacial score (nSPS) is 20.1. The Morgan fingerprint density at radius 1 is 0.824 bits per heavy atom. The van der Waals surface area contributed by atoms with Crippen molar-refractivity contribution in [3.05, 3.63) is 106 Å². The average molecular weight is 451 g/mol. The molecule has 1 aliphatic carbocycles. The summed E-state index contributed by atoms with van der Waals surface area (Å²) in [5, 5.41) is 7.33. The van der Waals surface area contributed by atoms with E-state index < -0.39 is 0 Å². The number of carbonyl (C=O) groups is 1. The van der Waals surface area contributed by atoms with Crippen molar-refractivity contribution in [3.8, 4) is 0 Å². The molecule has 1 heterocycles. The highest BCUT2D eigenvalue weighted by Gasteiger charge is 2.36. The maximum absolute atomic E-state index is 13.7. The molecule has 2 aliphatic rings. The van der Waals surface area contributed by atoms with Crippen molar-refractivity contribution in [2.45, 2.75) is 64.3 Å². The summed E-state index contributed by atoms with van der Waals surface area (Å²) in [6.45, 7) is 8.86. The van der Waals surface area contributed by atoms with Crippen molar-refractivity contribution in [1.29, 1.82) is 0 Å². The molecule has 2 unspecified atom stereocenters. The van der Waals surface area contributed by atoms with Crippen LogP contribution in [0.3, 0.4) is 0 Å². The second-order valence-electron chi connectivity index (χ2n) is 10.6. The molecule has 0 radical (unpaired) electrons. The number of nitrogens with one attached hydrogen (secondary N) is 2. The van der Waals surface area contributed by atoms with Crippen LogP contribution in [0.15, 0.2) is 84.1 Å². The minimum atomic E-state index is -0.159. The fraction of sp³-hybridized carbons (Fsp3) is 0.323. The Balaban J connectivity index is 1.54. The number of hydrogen-bond acceptors (Lipinski definition) is 3. The molecule has 5 rings (SSSR count). The van der Waals surface area contributed by atoms with Gasteiger partial charge in [0.25, 0.3) is 0 Å². The number of anilines is 2. The van der Waals surface area contributed by atoms with Crippen LogP contribution >= 0.6 is 0 Å². The molecule has 3 aromatic carbocycles. The molecule has 2 atom stereocenters. The first kappa shape index (κ1) is 22.5. The molecule has 1 aliphatic heterocycles. The van der Waals surface area contributed by atoms with Gasteiger partial charge in [-0.2, -0.15) is 0 Å². The van der Waals surface area contributed by atoms with E-state index in [1.165, 1.54) is 16.7 Å². The van der Waals surface area contributed by atoms with Crippen LogP contribution in [-0.2, 0) is 16.6 Å². The van der Waals surface area contributed by atoms with E-state index in [0.29, 0.717) is 6.42 Å². The van der Waals surface area contributed by atoms with Crippen LogP contribution < -0.4 is 10.6 Å². The average Bonchev–Trinajstić information content (AvgIpc) is 3.00. The molecule has 0 fully saturated rings. The number of allylic oxidation sites excluding steroid dienone is 1. The third-order valence-corrected chi connectivity index (χ3v) is 7.28. The van der Waals surface area contributed by atoms with E-state index in [4.69, 9.17) is 0 Å².